The highest BCUT2D eigenvalue weighted by Crippen LogP contribution is 2.26. The van der Waals surface area contributed by atoms with Crippen LogP contribution in [0.4, 0.5) is 0 Å². The molecule has 1 aliphatic heterocycles. The molecule has 0 amide bonds. The van der Waals surface area contributed by atoms with Gasteiger partial charge in [-0.2, -0.15) is 0 Å². The molecular weight excluding hydrogens is 295 g/mol. The molecule has 0 spiro atoms. The van der Waals surface area contributed by atoms with Crippen LogP contribution in [-0.4, -0.2) is 39.1 Å². The molecule has 0 aliphatic carbocycles. The third-order valence-electron chi connectivity index (χ3n) is 3.30. The van der Waals surface area contributed by atoms with Crippen molar-refractivity contribution in [3.63, 3.8) is 0 Å². The number of rotatable bonds is 8. The van der Waals surface area contributed by atoms with Crippen LogP contribution in [-0.2, 0) is 18.8 Å². The minimum atomic E-state index is -0.527. The smallest absolute Gasteiger partial charge is 0.494 e. The molecule has 0 N–H and O–H groups in total. The summed E-state index contributed by atoms with van der Waals surface area (Å²) in [6.45, 7) is 11.7. The van der Waals surface area contributed by atoms with E-state index in [0.29, 0.717) is 19.8 Å². The second kappa shape index (κ2) is 8.69. The molecule has 0 bridgehead atoms. The van der Waals surface area contributed by atoms with Crippen LogP contribution in [0.2, 0.25) is 0 Å². The van der Waals surface area contributed by atoms with E-state index in [9.17, 15) is 0 Å². The fourth-order valence-corrected chi connectivity index (χ4v) is 2.50. The Bertz CT molecular complexity index is 476. The van der Waals surface area contributed by atoms with Gasteiger partial charge in [0.1, 0.15) is 5.75 Å². The van der Waals surface area contributed by atoms with E-state index in [1.54, 1.807) is 0 Å². The van der Waals surface area contributed by atoms with Crippen molar-refractivity contribution in [1.82, 2.24) is 0 Å². The summed E-state index contributed by atoms with van der Waals surface area (Å²) < 4.78 is 29.2. The van der Waals surface area contributed by atoms with Gasteiger partial charge in [0, 0.05) is 23.2 Å². The van der Waals surface area contributed by atoms with Crippen molar-refractivity contribution in [2.75, 3.05) is 19.8 Å². The molecule has 0 atom stereocenters. The molecule has 0 aromatic heterocycles. The van der Waals surface area contributed by atoms with Gasteiger partial charge in [-0.1, -0.05) is 12.1 Å². The molecule has 2 rings (SSSR count). The summed E-state index contributed by atoms with van der Waals surface area (Å²) in [6, 6.07) is 5.85. The van der Waals surface area contributed by atoms with Gasteiger partial charge in [0.2, 0.25) is 0 Å². The highest BCUT2D eigenvalue weighted by molar-refractivity contribution is 6.63. The first kappa shape index (κ1) is 18.3. The predicted octanol–water partition coefficient (Wildman–Crippen LogP) is 2.68. The Hall–Kier alpha value is -1.08. The molecule has 0 saturated carbocycles. The zero-order valence-electron chi connectivity index (χ0n) is 14.7. The predicted molar refractivity (Wildman–Crippen MR) is 90.1 cm³/mol. The zero-order chi connectivity index (χ0) is 16.8. The third kappa shape index (κ3) is 4.95. The highest BCUT2D eigenvalue weighted by atomic mass is 16.7. The molecule has 1 fully saturated rings. The number of benzene rings is 1. The lowest BCUT2D eigenvalue weighted by Gasteiger charge is -2.25. The Balaban J connectivity index is 2.43. The first-order valence-electron chi connectivity index (χ1n) is 8.32. The van der Waals surface area contributed by atoms with Crippen LogP contribution >= 0.6 is 0 Å². The van der Waals surface area contributed by atoms with E-state index in [0.717, 1.165) is 16.8 Å². The average molecular weight is 322 g/mol. The highest BCUT2D eigenvalue weighted by Gasteiger charge is 2.34. The molecule has 1 aliphatic rings. The Morgan fingerprint density at radius 3 is 2.22 bits per heavy atom. The summed E-state index contributed by atoms with van der Waals surface area (Å²) in [5.74, 6) is 0.746. The Morgan fingerprint density at radius 2 is 1.70 bits per heavy atom. The molecular formula is C17H27BO5. The van der Waals surface area contributed by atoms with E-state index < -0.39 is 13.4 Å². The lowest BCUT2D eigenvalue weighted by Crippen LogP contribution is -2.44. The van der Waals surface area contributed by atoms with Crippen LogP contribution in [0.5, 0.6) is 5.75 Å². The first-order valence-corrected chi connectivity index (χ1v) is 8.32. The zero-order valence-corrected chi connectivity index (χ0v) is 14.7. The molecule has 23 heavy (non-hydrogen) atoms. The summed E-state index contributed by atoms with van der Waals surface area (Å²) in [5.41, 5.74) is 1.75. The van der Waals surface area contributed by atoms with Gasteiger partial charge < -0.3 is 23.5 Å². The SMILES string of the molecule is CCOc1cccc(C2OCCO2)c1B(OC(C)C)OC(C)C. The fourth-order valence-electron chi connectivity index (χ4n) is 2.50. The number of hydrogen-bond acceptors (Lipinski definition) is 5. The van der Waals surface area contributed by atoms with E-state index in [-0.39, 0.29) is 12.2 Å². The van der Waals surface area contributed by atoms with Gasteiger partial charge >= 0.3 is 7.12 Å². The van der Waals surface area contributed by atoms with Crippen LogP contribution in [0.1, 0.15) is 46.5 Å². The minimum absolute atomic E-state index is 0.0201. The van der Waals surface area contributed by atoms with Crippen LogP contribution in [0.25, 0.3) is 0 Å². The van der Waals surface area contributed by atoms with Gasteiger partial charge in [0.05, 0.1) is 19.8 Å². The summed E-state index contributed by atoms with van der Waals surface area (Å²) in [4.78, 5) is 0. The second-order valence-corrected chi connectivity index (χ2v) is 5.97. The lowest BCUT2D eigenvalue weighted by atomic mass is 9.74. The molecule has 0 radical (unpaired) electrons. The molecule has 1 heterocycles. The largest absolute Gasteiger partial charge is 0.498 e. The van der Waals surface area contributed by atoms with E-state index in [4.69, 9.17) is 23.5 Å². The maximum absolute atomic E-state index is 6.02. The quantitative estimate of drug-likeness (QED) is 0.689. The van der Waals surface area contributed by atoms with Crippen molar-refractivity contribution >= 4 is 12.6 Å². The van der Waals surface area contributed by atoms with Crippen LogP contribution in [0.15, 0.2) is 18.2 Å². The van der Waals surface area contributed by atoms with Gasteiger partial charge in [-0.05, 0) is 40.7 Å². The summed E-state index contributed by atoms with van der Waals surface area (Å²) in [7, 11) is -0.527. The molecule has 0 unspecified atom stereocenters. The van der Waals surface area contributed by atoms with Gasteiger partial charge in [0.25, 0.3) is 0 Å². The van der Waals surface area contributed by atoms with E-state index in [1.807, 2.05) is 52.8 Å². The summed E-state index contributed by atoms with van der Waals surface area (Å²) in [6.07, 6.45) is -0.363. The average Bonchev–Trinajstić information content (AvgIpc) is 2.99. The van der Waals surface area contributed by atoms with Crippen molar-refractivity contribution in [2.45, 2.75) is 53.1 Å². The lowest BCUT2D eigenvalue weighted by molar-refractivity contribution is -0.0437. The van der Waals surface area contributed by atoms with Gasteiger partial charge in [-0.25, -0.2) is 0 Å². The number of ether oxygens (including phenoxy) is 3. The van der Waals surface area contributed by atoms with E-state index >= 15 is 0 Å². The first-order chi connectivity index (χ1) is 11.0. The molecule has 6 heteroatoms. The molecule has 5 nitrogen and oxygen atoms in total. The van der Waals surface area contributed by atoms with E-state index in [1.165, 1.54) is 0 Å². The normalized spacial score (nSPS) is 15.6. The molecule has 1 aromatic rings. The molecule has 128 valence electrons. The monoisotopic (exact) mass is 322 g/mol. The Morgan fingerprint density at radius 1 is 1.09 bits per heavy atom. The summed E-state index contributed by atoms with van der Waals surface area (Å²) >= 11 is 0. The van der Waals surface area contributed by atoms with Gasteiger partial charge in [-0.15, -0.1) is 0 Å². The minimum Gasteiger partial charge on any atom is -0.494 e. The van der Waals surface area contributed by atoms with Crippen molar-refractivity contribution in [1.29, 1.82) is 0 Å². The number of hydrogen-bond donors (Lipinski definition) is 0. The second-order valence-electron chi connectivity index (χ2n) is 5.97. The van der Waals surface area contributed by atoms with Crippen molar-refractivity contribution in [3.05, 3.63) is 23.8 Å². The van der Waals surface area contributed by atoms with Crippen LogP contribution in [0.3, 0.4) is 0 Å². The van der Waals surface area contributed by atoms with E-state index in [2.05, 4.69) is 0 Å². The summed E-state index contributed by atoms with van der Waals surface area (Å²) in [5, 5.41) is 0. The maximum Gasteiger partial charge on any atom is 0.498 e. The van der Waals surface area contributed by atoms with Gasteiger partial charge in [0.15, 0.2) is 6.29 Å². The van der Waals surface area contributed by atoms with Crippen LogP contribution < -0.4 is 10.2 Å². The topological polar surface area (TPSA) is 46.2 Å². The standard InChI is InChI=1S/C17H27BO5/c1-6-19-15-9-7-8-14(17-20-10-11-21-17)16(15)18(22-12(2)3)23-13(4)5/h7-9,12-13,17H,6,10-11H2,1-5H3. The third-order valence-corrected chi connectivity index (χ3v) is 3.30. The molecule has 1 aromatic carbocycles. The van der Waals surface area contributed by atoms with Crippen molar-refractivity contribution < 1.29 is 23.5 Å². The van der Waals surface area contributed by atoms with Gasteiger partial charge in [-0.3, -0.25) is 0 Å². The van der Waals surface area contributed by atoms with Crippen molar-refractivity contribution in [2.24, 2.45) is 0 Å². The van der Waals surface area contributed by atoms with Crippen LogP contribution in [0, 0.1) is 0 Å². The van der Waals surface area contributed by atoms with Crippen molar-refractivity contribution in [3.8, 4) is 5.75 Å². The maximum atomic E-state index is 6.02. The fraction of sp³-hybridized carbons (Fsp3) is 0.647. The molecule has 1 saturated heterocycles. The Labute approximate surface area is 139 Å². The Kier molecular flexibility index (Phi) is 6.90.